The second kappa shape index (κ2) is 5.20. The molecule has 0 aliphatic heterocycles. The van der Waals surface area contributed by atoms with E-state index in [9.17, 15) is 22.4 Å². The summed E-state index contributed by atoms with van der Waals surface area (Å²) in [4.78, 5) is 11.7. The van der Waals surface area contributed by atoms with Crippen LogP contribution >= 0.6 is 0 Å². The van der Waals surface area contributed by atoms with Crippen LogP contribution in [0.5, 0.6) is 0 Å². The number of benzene rings is 1. The fourth-order valence-corrected chi connectivity index (χ4v) is 1.54. The van der Waals surface area contributed by atoms with Gasteiger partial charge in [0.2, 0.25) is 0 Å². The zero-order chi connectivity index (χ0) is 13.9. The van der Waals surface area contributed by atoms with Crippen molar-refractivity contribution in [3.05, 3.63) is 41.2 Å². The number of hydrogen-bond donors (Lipinski definition) is 0. The van der Waals surface area contributed by atoms with Crippen molar-refractivity contribution in [1.82, 2.24) is 4.90 Å². The van der Waals surface area contributed by atoms with Gasteiger partial charge in [-0.1, -0.05) is 12.1 Å². The van der Waals surface area contributed by atoms with Crippen LogP contribution in [0.25, 0.3) is 5.70 Å². The number of allylic oxidation sites excluding steroid dienone is 1. The highest BCUT2D eigenvalue weighted by Crippen LogP contribution is 2.33. The van der Waals surface area contributed by atoms with E-state index in [-0.39, 0.29) is 11.8 Å². The van der Waals surface area contributed by atoms with Crippen molar-refractivity contribution in [3.8, 4) is 0 Å². The van der Waals surface area contributed by atoms with Gasteiger partial charge in [-0.15, -0.1) is 0 Å². The molecule has 1 rings (SSSR count). The quantitative estimate of drug-likeness (QED) is 0.473. The first-order valence-corrected chi connectivity index (χ1v) is 4.98. The summed E-state index contributed by atoms with van der Waals surface area (Å²) in [5, 5.41) is 0. The third-order valence-electron chi connectivity index (χ3n) is 2.25. The van der Waals surface area contributed by atoms with E-state index in [2.05, 4.69) is 0 Å². The van der Waals surface area contributed by atoms with Crippen LogP contribution in [0.4, 0.5) is 17.6 Å². The van der Waals surface area contributed by atoms with Crippen molar-refractivity contribution in [2.75, 3.05) is 14.1 Å². The van der Waals surface area contributed by atoms with Crippen LogP contribution < -0.4 is 0 Å². The molecule has 0 saturated heterocycles. The Morgan fingerprint density at radius 2 is 1.78 bits per heavy atom. The molecule has 0 fully saturated rings. The van der Waals surface area contributed by atoms with Crippen molar-refractivity contribution in [3.63, 3.8) is 0 Å². The molecule has 0 N–H and O–H groups in total. The molecule has 0 aliphatic carbocycles. The van der Waals surface area contributed by atoms with Gasteiger partial charge in [0.05, 0.1) is 5.70 Å². The summed E-state index contributed by atoms with van der Waals surface area (Å²) >= 11 is 0. The molecule has 0 radical (unpaired) electrons. The summed E-state index contributed by atoms with van der Waals surface area (Å²) in [6, 6.07) is 5.00. The molecule has 2 nitrogen and oxygen atoms in total. The van der Waals surface area contributed by atoms with Gasteiger partial charge in [-0.25, -0.2) is 4.39 Å². The molecular formula is C12H11F4NO. The molecule has 0 atom stereocenters. The van der Waals surface area contributed by atoms with E-state index in [1.165, 1.54) is 32.3 Å². The average Bonchev–Trinajstić information content (AvgIpc) is 2.24. The number of carbonyl (C=O) groups is 1. The number of carbonyl (C=O) groups excluding carboxylic acids is 1. The van der Waals surface area contributed by atoms with Gasteiger partial charge in [0, 0.05) is 19.7 Å². The molecule has 98 valence electrons. The van der Waals surface area contributed by atoms with Crippen molar-refractivity contribution in [2.24, 2.45) is 0 Å². The molecule has 0 unspecified atom stereocenters. The Bertz CT molecular complexity index is 477. The minimum absolute atomic E-state index is 0.262. The first kappa shape index (κ1) is 14.2. The van der Waals surface area contributed by atoms with E-state index < -0.39 is 23.3 Å². The lowest BCUT2D eigenvalue weighted by Crippen LogP contribution is -2.22. The number of halogens is 4. The standard InChI is InChI=1S/C12H11F4NO/c1-17(2)11(9(7-18)12(14,15)16)8-5-3-4-6-10(8)13/h3-7H,1-2H3/b11-9-. The summed E-state index contributed by atoms with van der Waals surface area (Å²) < 4.78 is 51.7. The van der Waals surface area contributed by atoms with Crippen LogP contribution in [0.1, 0.15) is 5.56 Å². The molecule has 0 bridgehead atoms. The second-order valence-corrected chi connectivity index (χ2v) is 3.75. The molecule has 0 aliphatic rings. The monoisotopic (exact) mass is 261 g/mol. The Balaban J connectivity index is 3.57. The molecule has 6 heteroatoms. The highest BCUT2D eigenvalue weighted by Gasteiger charge is 2.37. The SMILES string of the molecule is CN(C)/C(=C(/C=O)C(F)(F)F)c1ccccc1F. The minimum Gasteiger partial charge on any atom is -0.377 e. The predicted molar refractivity (Wildman–Crippen MR) is 59.1 cm³/mol. The van der Waals surface area contributed by atoms with E-state index in [1.807, 2.05) is 0 Å². The maximum absolute atomic E-state index is 13.5. The molecule has 0 spiro atoms. The summed E-state index contributed by atoms with van der Waals surface area (Å²) in [6.45, 7) is 0. The Hall–Kier alpha value is -1.85. The first-order valence-electron chi connectivity index (χ1n) is 4.98. The lowest BCUT2D eigenvalue weighted by Gasteiger charge is -2.21. The molecule has 0 aromatic heterocycles. The van der Waals surface area contributed by atoms with E-state index in [1.54, 1.807) is 0 Å². The number of rotatable bonds is 3. The predicted octanol–water partition coefficient (Wildman–Crippen LogP) is 2.86. The minimum atomic E-state index is -4.83. The fourth-order valence-electron chi connectivity index (χ4n) is 1.54. The van der Waals surface area contributed by atoms with Crippen LogP contribution in [-0.2, 0) is 4.79 Å². The third kappa shape index (κ3) is 2.88. The van der Waals surface area contributed by atoms with Gasteiger partial charge in [-0.05, 0) is 12.1 Å². The normalized spacial score (nSPS) is 13.0. The lowest BCUT2D eigenvalue weighted by atomic mass is 10.1. The molecule has 0 heterocycles. The van der Waals surface area contributed by atoms with Gasteiger partial charge in [-0.3, -0.25) is 4.79 Å². The molecule has 0 saturated carbocycles. The molecular weight excluding hydrogens is 250 g/mol. The molecule has 1 aromatic rings. The number of nitrogens with zero attached hydrogens (tertiary/aromatic N) is 1. The zero-order valence-electron chi connectivity index (χ0n) is 9.75. The summed E-state index contributed by atoms with van der Waals surface area (Å²) in [7, 11) is 2.63. The number of alkyl halides is 3. The van der Waals surface area contributed by atoms with Crippen LogP contribution in [0.3, 0.4) is 0 Å². The first-order chi connectivity index (χ1) is 8.29. The average molecular weight is 261 g/mol. The van der Waals surface area contributed by atoms with Crippen molar-refractivity contribution >= 4 is 12.0 Å². The van der Waals surface area contributed by atoms with Gasteiger partial charge in [0.1, 0.15) is 11.4 Å². The highest BCUT2D eigenvalue weighted by atomic mass is 19.4. The van der Waals surface area contributed by atoms with Gasteiger partial charge in [0.15, 0.2) is 6.29 Å². The maximum atomic E-state index is 13.5. The van der Waals surface area contributed by atoms with Crippen LogP contribution in [0.15, 0.2) is 29.8 Å². The van der Waals surface area contributed by atoms with E-state index in [0.717, 1.165) is 11.0 Å². The van der Waals surface area contributed by atoms with Crippen LogP contribution in [0, 0.1) is 5.82 Å². The van der Waals surface area contributed by atoms with Crippen LogP contribution in [0.2, 0.25) is 0 Å². The topological polar surface area (TPSA) is 20.3 Å². The lowest BCUT2D eigenvalue weighted by molar-refractivity contribution is -0.119. The molecule has 18 heavy (non-hydrogen) atoms. The van der Waals surface area contributed by atoms with Crippen molar-refractivity contribution < 1.29 is 22.4 Å². The highest BCUT2D eigenvalue weighted by molar-refractivity contribution is 5.89. The second-order valence-electron chi connectivity index (χ2n) is 3.75. The van der Waals surface area contributed by atoms with E-state index >= 15 is 0 Å². The largest absolute Gasteiger partial charge is 0.421 e. The van der Waals surface area contributed by atoms with Gasteiger partial charge < -0.3 is 4.90 Å². The molecule has 0 amide bonds. The smallest absolute Gasteiger partial charge is 0.377 e. The van der Waals surface area contributed by atoms with E-state index in [4.69, 9.17) is 0 Å². The van der Waals surface area contributed by atoms with Crippen molar-refractivity contribution in [2.45, 2.75) is 6.18 Å². The zero-order valence-corrected chi connectivity index (χ0v) is 9.75. The number of hydrogen-bond acceptors (Lipinski definition) is 2. The Morgan fingerprint density at radius 1 is 1.22 bits per heavy atom. The Kier molecular flexibility index (Phi) is 4.11. The van der Waals surface area contributed by atoms with Crippen molar-refractivity contribution in [1.29, 1.82) is 0 Å². The number of aldehydes is 1. The van der Waals surface area contributed by atoms with Gasteiger partial charge in [-0.2, -0.15) is 13.2 Å². The maximum Gasteiger partial charge on any atom is 0.421 e. The Morgan fingerprint density at radius 3 is 2.17 bits per heavy atom. The summed E-state index contributed by atoms with van der Waals surface area (Å²) in [5.41, 5.74) is -2.16. The summed E-state index contributed by atoms with van der Waals surface area (Å²) in [6.07, 6.45) is -5.13. The van der Waals surface area contributed by atoms with Gasteiger partial charge >= 0.3 is 6.18 Å². The fraction of sp³-hybridized carbons (Fsp3) is 0.250. The van der Waals surface area contributed by atoms with E-state index in [0.29, 0.717) is 0 Å². The van der Waals surface area contributed by atoms with Crippen LogP contribution in [-0.4, -0.2) is 31.5 Å². The Labute approximate surface area is 102 Å². The molecule has 1 aromatic carbocycles. The summed E-state index contributed by atoms with van der Waals surface area (Å²) in [5.74, 6) is -0.815. The van der Waals surface area contributed by atoms with Gasteiger partial charge in [0.25, 0.3) is 0 Å². The third-order valence-corrected chi connectivity index (χ3v) is 2.25.